The molecule has 0 heterocycles. The Morgan fingerprint density at radius 2 is 2.00 bits per heavy atom. The van der Waals surface area contributed by atoms with Gasteiger partial charge in [0.15, 0.2) is 0 Å². The van der Waals surface area contributed by atoms with Crippen LogP contribution in [0.1, 0.15) is 27.2 Å². The maximum atomic E-state index is 6.97. The molecule has 2 nitrogen and oxygen atoms in total. The third kappa shape index (κ3) is 4.13. The second-order valence-corrected chi connectivity index (χ2v) is 3.62. The molecule has 0 aliphatic rings. The van der Waals surface area contributed by atoms with Crippen LogP contribution in [0.5, 0.6) is 0 Å². The van der Waals surface area contributed by atoms with Crippen LogP contribution in [0.15, 0.2) is 11.8 Å². The van der Waals surface area contributed by atoms with E-state index >= 15 is 0 Å². The standard InChI is InChI=1S/C8H16N2/c1-8(2,3)4-7(5-9)6-10/h5-6,9H,4,10H2,1-3H3/b7-6+,9-5?. The molecule has 0 atom stereocenters. The Kier molecular flexibility index (Phi) is 3.13. The first kappa shape index (κ1) is 9.21. The highest BCUT2D eigenvalue weighted by atomic mass is 14.5. The Morgan fingerprint density at radius 1 is 1.50 bits per heavy atom. The van der Waals surface area contributed by atoms with Crippen LogP contribution in [0.25, 0.3) is 0 Å². The van der Waals surface area contributed by atoms with Crippen molar-refractivity contribution in [2.45, 2.75) is 27.2 Å². The van der Waals surface area contributed by atoms with Crippen LogP contribution in [0.2, 0.25) is 0 Å². The molecule has 0 radical (unpaired) electrons. The van der Waals surface area contributed by atoms with E-state index in [2.05, 4.69) is 20.8 Å². The van der Waals surface area contributed by atoms with Gasteiger partial charge in [0, 0.05) is 6.21 Å². The summed E-state index contributed by atoms with van der Waals surface area (Å²) in [5, 5.41) is 6.97. The van der Waals surface area contributed by atoms with Crippen molar-refractivity contribution in [3.05, 3.63) is 11.8 Å². The molecule has 0 aliphatic carbocycles. The van der Waals surface area contributed by atoms with Crippen LogP contribution in [0, 0.1) is 10.8 Å². The van der Waals surface area contributed by atoms with Gasteiger partial charge >= 0.3 is 0 Å². The molecule has 0 aromatic rings. The van der Waals surface area contributed by atoms with E-state index in [0.29, 0.717) is 0 Å². The summed E-state index contributed by atoms with van der Waals surface area (Å²) in [6.45, 7) is 6.38. The lowest BCUT2D eigenvalue weighted by Gasteiger charge is -2.17. The molecule has 0 aromatic carbocycles. The van der Waals surface area contributed by atoms with E-state index in [4.69, 9.17) is 11.1 Å². The summed E-state index contributed by atoms with van der Waals surface area (Å²) in [5.41, 5.74) is 6.40. The van der Waals surface area contributed by atoms with E-state index in [1.165, 1.54) is 12.4 Å². The number of hydrogen-bond donors (Lipinski definition) is 2. The summed E-state index contributed by atoms with van der Waals surface area (Å²) < 4.78 is 0. The monoisotopic (exact) mass is 140 g/mol. The smallest absolute Gasteiger partial charge is 0.0224 e. The summed E-state index contributed by atoms with van der Waals surface area (Å²) in [6.07, 6.45) is 3.68. The van der Waals surface area contributed by atoms with Crippen LogP contribution in [-0.4, -0.2) is 6.21 Å². The van der Waals surface area contributed by atoms with Gasteiger partial charge in [-0.05, 0) is 23.6 Å². The van der Waals surface area contributed by atoms with Crippen molar-refractivity contribution in [1.29, 1.82) is 5.41 Å². The molecular formula is C8H16N2. The molecule has 0 unspecified atom stereocenters. The van der Waals surface area contributed by atoms with Crippen LogP contribution in [-0.2, 0) is 0 Å². The molecule has 58 valence electrons. The first-order valence-corrected chi connectivity index (χ1v) is 3.41. The van der Waals surface area contributed by atoms with Gasteiger partial charge in [-0.3, -0.25) is 0 Å². The average molecular weight is 140 g/mol. The lowest BCUT2D eigenvalue weighted by molar-refractivity contribution is 0.415. The summed E-state index contributed by atoms with van der Waals surface area (Å²) in [7, 11) is 0. The number of rotatable bonds is 2. The molecule has 0 spiro atoms. The fourth-order valence-electron chi connectivity index (χ4n) is 0.770. The highest BCUT2D eigenvalue weighted by molar-refractivity contribution is 5.75. The zero-order valence-electron chi connectivity index (χ0n) is 6.94. The molecule has 0 aromatic heterocycles. The molecule has 0 aliphatic heterocycles. The molecule has 10 heavy (non-hydrogen) atoms. The fourth-order valence-corrected chi connectivity index (χ4v) is 0.770. The van der Waals surface area contributed by atoms with E-state index in [-0.39, 0.29) is 5.41 Å². The van der Waals surface area contributed by atoms with Gasteiger partial charge in [0.05, 0.1) is 0 Å². The highest BCUT2D eigenvalue weighted by Crippen LogP contribution is 2.22. The summed E-state index contributed by atoms with van der Waals surface area (Å²) in [6, 6.07) is 0. The zero-order valence-corrected chi connectivity index (χ0v) is 6.94. The first-order chi connectivity index (χ1) is 4.49. The van der Waals surface area contributed by atoms with Crippen molar-refractivity contribution >= 4 is 6.21 Å². The normalized spacial score (nSPS) is 13.3. The Balaban J connectivity index is 4.01. The van der Waals surface area contributed by atoms with Crippen molar-refractivity contribution in [1.82, 2.24) is 0 Å². The van der Waals surface area contributed by atoms with Crippen molar-refractivity contribution in [3.63, 3.8) is 0 Å². The number of nitrogens with two attached hydrogens (primary N) is 1. The predicted octanol–water partition coefficient (Wildman–Crippen LogP) is 1.91. The van der Waals surface area contributed by atoms with E-state index < -0.39 is 0 Å². The minimum Gasteiger partial charge on any atom is -0.404 e. The SMILES string of the molecule is CC(C)(C)C/C(C=N)=C\N. The number of hydrogen-bond acceptors (Lipinski definition) is 2. The largest absolute Gasteiger partial charge is 0.404 e. The van der Waals surface area contributed by atoms with Crippen molar-refractivity contribution in [3.8, 4) is 0 Å². The lowest BCUT2D eigenvalue weighted by atomic mass is 9.89. The molecular weight excluding hydrogens is 124 g/mol. The Bertz CT molecular complexity index is 140. The summed E-state index contributed by atoms with van der Waals surface area (Å²) >= 11 is 0. The molecule has 0 rings (SSSR count). The maximum Gasteiger partial charge on any atom is 0.0224 e. The zero-order chi connectivity index (χ0) is 8.20. The number of allylic oxidation sites excluding steroid dienone is 1. The van der Waals surface area contributed by atoms with E-state index in [1.54, 1.807) is 0 Å². The van der Waals surface area contributed by atoms with Gasteiger partial charge in [0.25, 0.3) is 0 Å². The summed E-state index contributed by atoms with van der Waals surface area (Å²) in [5.74, 6) is 0. The van der Waals surface area contributed by atoms with E-state index in [1.807, 2.05) is 0 Å². The second-order valence-electron chi connectivity index (χ2n) is 3.62. The van der Waals surface area contributed by atoms with Crippen LogP contribution in [0.4, 0.5) is 0 Å². The number of nitrogens with one attached hydrogen (secondary N) is 1. The predicted molar refractivity (Wildman–Crippen MR) is 45.1 cm³/mol. The summed E-state index contributed by atoms with van der Waals surface area (Å²) in [4.78, 5) is 0. The minimum atomic E-state index is 0.225. The first-order valence-electron chi connectivity index (χ1n) is 3.41. The van der Waals surface area contributed by atoms with Crippen molar-refractivity contribution in [2.75, 3.05) is 0 Å². The second kappa shape index (κ2) is 3.40. The maximum absolute atomic E-state index is 6.97. The van der Waals surface area contributed by atoms with Gasteiger partial charge in [0.2, 0.25) is 0 Å². The van der Waals surface area contributed by atoms with E-state index in [0.717, 1.165) is 12.0 Å². The molecule has 0 saturated carbocycles. The molecule has 0 bridgehead atoms. The Hall–Kier alpha value is -0.790. The lowest BCUT2D eigenvalue weighted by Crippen LogP contribution is -2.07. The van der Waals surface area contributed by atoms with Gasteiger partial charge < -0.3 is 11.1 Å². The molecule has 0 amide bonds. The molecule has 0 fully saturated rings. The van der Waals surface area contributed by atoms with Crippen LogP contribution >= 0.6 is 0 Å². The van der Waals surface area contributed by atoms with Gasteiger partial charge in [-0.1, -0.05) is 20.8 Å². The van der Waals surface area contributed by atoms with Gasteiger partial charge in [-0.25, -0.2) is 0 Å². The molecule has 3 N–H and O–H groups in total. The molecule has 0 saturated heterocycles. The van der Waals surface area contributed by atoms with E-state index in [9.17, 15) is 0 Å². The van der Waals surface area contributed by atoms with Crippen molar-refractivity contribution < 1.29 is 0 Å². The third-order valence-electron chi connectivity index (χ3n) is 1.13. The Morgan fingerprint density at radius 3 is 2.10 bits per heavy atom. The van der Waals surface area contributed by atoms with Crippen LogP contribution in [0.3, 0.4) is 0 Å². The highest BCUT2D eigenvalue weighted by Gasteiger charge is 2.10. The fraction of sp³-hybridized carbons (Fsp3) is 0.625. The Labute approximate surface area is 62.6 Å². The third-order valence-corrected chi connectivity index (χ3v) is 1.13. The quantitative estimate of drug-likeness (QED) is 0.565. The molecule has 2 heteroatoms. The van der Waals surface area contributed by atoms with Crippen molar-refractivity contribution in [2.24, 2.45) is 11.1 Å². The minimum absolute atomic E-state index is 0.225. The average Bonchev–Trinajstić information content (AvgIpc) is 1.81. The van der Waals surface area contributed by atoms with Gasteiger partial charge in [-0.15, -0.1) is 0 Å². The topological polar surface area (TPSA) is 49.9 Å². The van der Waals surface area contributed by atoms with Crippen LogP contribution < -0.4 is 5.73 Å². The van der Waals surface area contributed by atoms with Gasteiger partial charge in [-0.2, -0.15) is 0 Å². The van der Waals surface area contributed by atoms with Gasteiger partial charge in [0.1, 0.15) is 0 Å².